The molecule has 64 heavy (non-hydrogen) atoms. The molecule has 0 fully saturated rings. The number of hydrogen-bond donors (Lipinski definition) is 0. The van der Waals surface area contributed by atoms with Gasteiger partial charge in [-0.1, -0.05) is 182 Å². The first-order valence-electron chi connectivity index (χ1n) is 22.0. The van der Waals surface area contributed by atoms with Crippen LogP contribution in [0.5, 0.6) is 0 Å². The second-order valence-corrected chi connectivity index (χ2v) is 21.7. The van der Waals surface area contributed by atoms with E-state index in [1.165, 1.54) is 95.7 Å². The zero-order valence-corrected chi connectivity index (χ0v) is 36.7. The minimum atomic E-state index is -2.81. The minimum absolute atomic E-state index is 1.14. The van der Waals surface area contributed by atoms with Crippen molar-refractivity contribution in [1.82, 2.24) is 9.13 Å². The molecule has 13 rings (SSSR count). The first kappa shape index (κ1) is 36.9. The Labute approximate surface area is 376 Å². The molecule has 0 aliphatic rings. The summed E-state index contributed by atoms with van der Waals surface area (Å²) in [7, 11) is -2.81. The van der Waals surface area contributed by atoms with Gasteiger partial charge >= 0.3 is 0 Å². The van der Waals surface area contributed by atoms with Crippen molar-refractivity contribution in [2.24, 2.45) is 0 Å². The first-order valence-corrected chi connectivity index (χ1v) is 24.8. The highest BCUT2D eigenvalue weighted by atomic mass is 32.1. The summed E-state index contributed by atoms with van der Waals surface area (Å²) in [5.41, 5.74) is 9.55. The van der Waals surface area contributed by atoms with Gasteiger partial charge in [0.05, 0.1) is 22.1 Å². The zero-order chi connectivity index (χ0) is 42.2. The van der Waals surface area contributed by atoms with E-state index in [2.05, 4.69) is 252 Å². The van der Waals surface area contributed by atoms with Gasteiger partial charge in [0.25, 0.3) is 0 Å². The molecule has 0 N–H and O–H groups in total. The van der Waals surface area contributed by atoms with E-state index < -0.39 is 8.07 Å². The zero-order valence-electron chi connectivity index (χ0n) is 34.9. The summed E-state index contributed by atoms with van der Waals surface area (Å²) in [6, 6.07) is 90.6. The van der Waals surface area contributed by atoms with Crippen molar-refractivity contribution in [3.63, 3.8) is 0 Å². The molecule has 0 aliphatic heterocycles. The van der Waals surface area contributed by atoms with Gasteiger partial charge < -0.3 is 9.13 Å². The lowest BCUT2D eigenvalue weighted by atomic mass is 10.1. The molecule has 10 aromatic carbocycles. The van der Waals surface area contributed by atoms with Gasteiger partial charge in [-0.25, -0.2) is 0 Å². The van der Waals surface area contributed by atoms with Gasteiger partial charge in [-0.15, -0.1) is 11.3 Å². The van der Waals surface area contributed by atoms with E-state index in [0.29, 0.717) is 0 Å². The summed E-state index contributed by atoms with van der Waals surface area (Å²) in [6.07, 6.45) is 0. The molecular formula is C60H40N2SSi. The summed E-state index contributed by atoms with van der Waals surface area (Å²) < 4.78 is 7.49. The van der Waals surface area contributed by atoms with Crippen LogP contribution < -0.4 is 20.7 Å². The first-order chi connectivity index (χ1) is 31.7. The van der Waals surface area contributed by atoms with Gasteiger partial charge in [-0.2, -0.15) is 0 Å². The highest BCUT2D eigenvalue weighted by molar-refractivity contribution is 7.26. The smallest absolute Gasteiger partial charge is 0.179 e. The van der Waals surface area contributed by atoms with Crippen molar-refractivity contribution >= 4 is 104 Å². The maximum Gasteiger partial charge on any atom is 0.179 e. The van der Waals surface area contributed by atoms with Crippen LogP contribution in [0, 0.1) is 0 Å². The van der Waals surface area contributed by atoms with Gasteiger partial charge in [-0.05, 0) is 92.5 Å². The lowest BCUT2D eigenvalue weighted by molar-refractivity contribution is 1.17. The maximum absolute atomic E-state index is 2.81. The normalized spacial score (nSPS) is 12.1. The number of hydrogen-bond acceptors (Lipinski definition) is 1. The van der Waals surface area contributed by atoms with Crippen LogP contribution >= 0.6 is 11.3 Å². The molecule has 13 aromatic rings. The van der Waals surface area contributed by atoms with Crippen LogP contribution in [0.3, 0.4) is 0 Å². The van der Waals surface area contributed by atoms with Crippen LogP contribution in [0.15, 0.2) is 243 Å². The molecule has 0 unspecified atom stereocenters. The fourth-order valence-corrected chi connectivity index (χ4v) is 16.5. The summed E-state index contributed by atoms with van der Waals surface area (Å²) >= 11 is 1.88. The van der Waals surface area contributed by atoms with E-state index in [1.807, 2.05) is 11.3 Å². The van der Waals surface area contributed by atoms with Crippen LogP contribution in [0.25, 0.3) is 86.3 Å². The van der Waals surface area contributed by atoms with Crippen LogP contribution in [0.2, 0.25) is 0 Å². The molecule has 0 spiro atoms. The number of nitrogens with zero attached hydrogens (tertiary/aromatic N) is 2. The standard InChI is InChI=1S/C60H40N2SSi/c1-3-17-45(18-4-1)64(46-19-5-2-6-20-46,48-35-37-60-54(40-48)52-25-10-14-29-59(52)63-60)47-21-15-16-42(38-47)41-30-32-43(33-31-41)61-57-28-13-9-24-51(57)53-39-44(34-36-58(53)61)62-55-26-11-7-22-49(55)50-23-8-12-27-56(50)62/h1-40H. The highest BCUT2D eigenvalue weighted by Crippen LogP contribution is 2.38. The Morgan fingerprint density at radius 1 is 0.266 bits per heavy atom. The molecule has 0 aliphatic carbocycles. The third-order valence-corrected chi connectivity index (χ3v) is 19.4. The fraction of sp³-hybridized carbons (Fsp3) is 0. The second-order valence-electron chi connectivity index (χ2n) is 16.8. The Bertz CT molecular complexity index is 3800. The lowest BCUT2D eigenvalue weighted by Crippen LogP contribution is -2.74. The quantitative estimate of drug-likeness (QED) is 0.112. The Morgan fingerprint density at radius 2 is 0.750 bits per heavy atom. The molecule has 3 aromatic heterocycles. The van der Waals surface area contributed by atoms with E-state index in [-0.39, 0.29) is 0 Å². The number of rotatable bonds is 7. The molecule has 0 bridgehead atoms. The SMILES string of the molecule is c1ccc([Si](c2ccccc2)(c2cccc(-c3ccc(-n4c5ccccc5c5cc(-n6c7ccccc7c7ccccc76)ccc54)cc3)c2)c2ccc3sc4ccccc4c3c2)cc1. The number of aromatic nitrogens is 2. The third-order valence-electron chi connectivity index (χ3n) is 13.5. The van der Waals surface area contributed by atoms with Crippen molar-refractivity contribution in [2.75, 3.05) is 0 Å². The van der Waals surface area contributed by atoms with E-state index in [9.17, 15) is 0 Å². The third kappa shape index (κ3) is 5.56. The van der Waals surface area contributed by atoms with Crippen molar-refractivity contribution in [1.29, 1.82) is 0 Å². The molecule has 0 saturated carbocycles. The van der Waals surface area contributed by atoms with Crippen LogP contribution in [-0.2, 0) is 0 Å². The molecule has 0 saturated heterocycles. The number of para-hydroxylation sites is 3. The summed E-state index contributed by atoms with van der Waals surface area (Å²) in [4.78, 5) is 0. The van der Waals surface area contributed by atoms with Crippen LogP contribution in [-0.4, -0.2) is 17.2 Å². The average molecular weight is 849 g/mol. The van der Waals surface area contributed by atoms with Crippen molar-refractivity contribution in [3.8, 4) is 22.5 Å². The Kier molecular flexibility index (Phi) is 8.45. The summed E-state index contributed by atoms with van der Waals surface area (Å²) in [5, 5.41) is 13.2. The number of thiophene rings is 1. The van der Waals surface area contributed by atoms with Gasteiger partial charge in [0, 0.05) is 53.1 Å². The topological polar surface area (TPSA) is 9.86 Å². The molecule has 300 valence electrons. The predicted molar refractivity (Wildman–Crippen MR) is 277 cm³/mol. The predicted octanol–water partition coefficient (Wildman–Crippen LogP) is 13.3. The Morgan fingerprint density at radius 3 is 1.41 bits per heavy atom. The summed E-state index contributed by atoms with van der Waals surface area (Å²) in [6.45, 7) is 0. The van der Waals surface area contributed by atoms with E-state index in [0.717, 1.165) is 11.4 Å². The van der Waals surface area contributed by atoms with E-state index in [4.69, 9.17) is 0 Å². The number of fused-ring (bicyclic) bond motifs is 9. The lowest BCUT2D eigenvalue weighted by Gasteiger charge is -2.35. The monoisotopic (exact) mass is 848 g/mol. The largest absolute Gasteiger partial charge is 0.309 e. The molecule has 2 nitrogen and oxygen atoms in total. The maximum atomic E-state index is 2.51. The number of benzene rings is 10. The van der Waals surface area contributed by atoms with Crippen molar-refractivity contribution < 1.29 is 0 Å². The van der Waals surface area contributed by atoms with Gasteiger partial charge in [-0.3, -0.25) is 0 Å². The Balaban J connectivity index is 0.949. The minimum Gasteiger partial charge on any atom is -0.309 e. The van der Waals surface area contributed by atoms with Gasteiger partial charge in [0.15, 0.2) is 8.07 Å². The average Bonchev–Trinajstić information content (AvgIpc) is 4.03. The Hall–Kier alpha value is -7.76. The van der Waals surface area contributed by atoms with Crippen LogP contribution in [0.4, 0.5) is 0 Å². The van der Waals surface area contributed by atoms with E-state index >= 15 is 0 Å². The molecule has 4 heteroatoms. The van der Waals surface area contributed by atoms with Crippen molar-refractivity contribution in [2.45, 2.75) is 0 Å². The van der Waals surface area contributed by atoms with E-state index in [1.54, 1.807) is 0 Å². The van der Waals surface area contributed by atoms with Crippen molar-refractivity contribution in [3.05, 3.63) is 243 Å². The van der Waals surface area contributed by atoms with Gasteiger partial charge in [0.2, 0.25) is 0 Å². The second kappa shape index (κ2) is 14.7. The summed E-state index contributed by atoms with van der Waals surface area (Å²) in [5.74, 6) is 0. The molecular weight excluding hydrogens is 809 g/mol. The van der Waals surface area contributed by atoms with Gasteiger partial charge in [0.1, 0.15) is 0 Å². The molecule has 0 radical (unpaired) electrons. The molecule has 3 heterocycles. The fourth-order valence-electron chi connectivity index (χ4n) is 10.6. The van der Waals surface area contributed by atoms with Crippen LogP contribution in [0.1, 0.15) is 0 Å². The highest BCUT2D eigenvalue weighted by Gasteiger charge is 2.41. The molecule has 0 amide bonds. The molecule has 0 atom stereocenters.